The number of rotatable bonds is 6. The van der Waals surface area contributed by atoms with E-state index in [0.29, 0.717) is 5.56 Å². The predicted molar refractivity (Wildman–Crippen MR) is 75.1 cm³/mol. The van der Waals surface area contributed by atoms with Gasteiger partial charge in [0.05, 0.1) is 16.3 Å². The first kappa shape index (κ1) is 16.3. The Balaban J connectivity index is 2.67. The van der Waals surface area contributed by atoms with Crippen molar-refractivity contribution >= 4 is 31.6 Å². The number of benzene rings is 1. The van der Waals surface area contributed by atoms with Crippen LogP contribution in [0.2, 0.25) is 0 Å². The van der Waals surface area contributed by atoms with Gasteiger partial charge < -0.3 is 5.73 Å². The van der Waals surface area contributed by atoms with E-state index in [4.69, 9.17) is 5.73 Å². The molecule has 1 unspecified atom stereocenters. The highest BCUT2D eigenvalue weighted by atomic mass is 79.9. The Morgan fingerprint density at radius 1 is 1.47 bits per heavy atom. The molecule has 2 N–H and O–H groups in total. The largest absolute Gasteiger partial charge is 0.321 e. The molecule has 0 spiro atoms. The molecule has 1 aromatic rings. The van der Waals surface area contributed by atoms with Gasteiger partial charge in [-0.25, -0.2) is 12.8 Å². The summed E-state index contributed by atoms with van der Waals surface area (Å²) < 4.78 is 35.5. The number of ketones is 1. The third-order valence-electron chi connectivity index (χ3n) is 2.61. The first-order chi connectivity index (χ1) is 8.70. The van der Waals surface area contributed by atoms with Gasteiger partial charge >= 0.3 is 0 Å². The summed E-state index contributed by atoms with van der Waals surface area (Å²) in [6.45, 7) is 0. The molecule has 0 aliphatic rings. The minimum Gasteiger partial charge on any atom is -0.321 e. The Morgan fingerprint density at radius 2 is 2.11 bits per heavy atom. The number of carbonyl (C=O) groups is 1. The zero-order valence-electron chi connectivity index (χ0n) is 10.4. The maximum atomic E-state index is 13.3. The highest BCUT2D eigenvalue weighted by Crippen LogP contribution is 2.21. The molecule has 1 rings (SSSR count). The molecule has 7 heteroatoms. The van der Waals surface area contributed by atoms with Crippen molar-refractivity contribution in [3.8, 4) is 0 Å². The Kier molecular flexibility index (Phi) is 5.64. The van der Waals surface area contributed by atoms with Gasteiger partial charge in [0.2, 0.25) is 0 Å². The average Bonchev–Trinajstić information content (AvgIpc) is 2.31. The second kappa shape index (κ2) is 6.58. The second-order valence-corrected chi connectivity index (χ2v) is 7.43. The average molecular weight is 352 g/mol. The molecule has 4 nitrogen and oxygen atoms in total. The zero-order valence-corrected chi connectivity index (χ0v) is 12.8. The normalized spacial score (nSPS) is 13.3. The van der Waals surface area contributed by atoms with Gasteiger partial charge in [0.1, 0.15) is 15.7 Å². The summed E-state index contributed by atoms with van der Waals surface area (Å²) in [6, 6.07) is 3.55. The fourth-order valence-electron chi connectivity index (χ4n) is 1.51. The number of nitrogens with two attached hydrogens (primary N) is 1. The molecule has 0 heterocycles. The minimum atomic E-state index is -3.14. The van der Waals surface area contributed by atoms with Gasteiger partial charge in [-0.05, 0) is 34.0 Å². The van der Waals surface area contributed by atoms with E-state index in [1.54, 1.807) is 6.07 Å². The SMILES string of the molecule is CS(=O)(=O)CCC(N)C(=O)Cc1cccc(F)c1Br. The van der Waals surface area contributed by atoms with Gasteiger partial charge in [-0.2, -0.15) is 0 Å². The fourth-order valence-corrected chi connectivity index (χ4v) is 2.59. The summed E-state index contributed by atoms with van der Waals surface area (Å²) in [6.07, 6.45) is 1.14. The van der Waals surface area contributed by atoms with Crippen molar-refractivity contribution in [2.24, 2.45) is 5.73 Å². The number of carbonyl (C=O) groups excluding carboxylic acids is 1. The lowest BCUT2D eigenvalue weighted by atomic mass is 10.0. The van der Waals surface area contributed by atoms with Crippen molar-refractivity contribution in [1.82, 2.24) is 0 Å². The standard InChI is InChI=1S/C12H15BrFNO3S/c1-19(17,18)6-5-10(15)11(16)7-8-3-2-4-9(14)12(8)13/h2-4,10H,5-7,15H2,1H3. The monoisotopic (exact) mass is 351 g/mol. The van der Waals surface area contributed by atoms with Crippen LogP contribution >= 0.6 is 15.9 Å². The molecule has 0 aliphatic carbocycles. The molecule has 0 aromatic heterocycles. The van der Waals surface area contributed by atoms with Crippen molar-refractivity contribution in [3.63, 3.8) is 0 Å². The van der Waals surface area contributed by atoms with Crippen LogP contribution in [-0.4, -0.2) is 32.3 Å². The molecule has 19 heavy (non-hydrogen) atoms. The van der Waals surface area contributed by atoms with Gasteiger partial charge in [0, 0.05) is 12.7 Å². The zero-order chi connectivity index (χ0) is 14.6. The first-order valence-corrected chi connectivity index (χ1v) is 8.45. The summed E-state index contributed by atoms with van der Waals surface area (Å²) >= 11 is 3.06. The van der Waals surface area contributed by atoms with Gasteiger partial charge in [-0.3, -0.25) is 4.79 Å². The Labute approximate surface area is 120 Å². The van der Waals surface area contributed by atoms with Crippen molar-refractivity contribution in [2.45, 2.75) is 18.9 Å². The van der Waals surface area contributed by atoms with E-state index in [1.807, 2.05) is 0 Å². The summed E-state index contributed by atoms with van der Waals surface area (Å²) in [4.78, 5) is 11.8. The van der Waals surface area contributed by atoms with E-state index in [1.165, 1.54) is 12.1 Å². The van der Waals surface area contributed by atoms with E-state index >= 15 is 0 Å². The van der Waals surface area contributed by atoms with Gasteiger partial charge in [-0.15, -0.1) is 0 Å². The van der Waals surface area contributed by atoms with Crippen LogP contribution < -0.4 is 5.73 Å². The van der Waals surface area contributed by atoms with Crippen molar-refractivity contribution in [2.75, 3.05) is 12.0 Å². The molecule has 1 aromatic carbocycles. The second-order valence-electron chi connectivity index (χ2n) is 4.38. The number of halogens is 2. The Morgan fingerprint density at radius 3 is 2.68 bits per heavy atom. The molecule has 0 bridgehead atoms. The molecule has 0 aliphatic heterocycles. The van der Waals surface area contributed by atoms with Crippen LogP contribution in [0.5, 0.6) is 0 Å². The van der Waals surface area contributed by atoms with Crippen LogP contribution in [0.25, 0.3) is 0 Å². The third-order valence-corrected chi connectivity index (χ3v) is 4.47. The topological polar surface area (TPSA) is 77.2 Å². The Hall–Kier alpha value is -0.790. The van der Waals surface area contributed by atoms with Gasteiger partial charge in [0.15, 0.2) is 5.78 Å². The summed E-state index contributed by atoms with van der Waals surface area (Å²) in [5.41, 5.74) is 6.14. The fraction of sp³-hybridized carbons (Fsp3) is 0.417. The highest BCUT2D eigenvalue weighted by molar-refractivity contribution is 9.10. The first-order valence-electron chi connectivity index (χ1n) is 5.59. The molecule has 0 amide bonds. The quantitative estimate of drug-likeness (QED) is 0.841. The van der Waals surface area contributed by atoms with Crippen molar-refractivity contribution in [1.29, 1.82) is 0 Å². The van der Waals surface area contributed by atoms with Gasteiger partial charge in [-0.1, -0.05) is 12.1 Å². The summed E-state index contributed by atoms with van der Waals surface area (Å²) in [5, 5.41) is 0. The molecule has 0 radical (unpaired) electrons. The third kappa shape index (κ3) is 5.38. The molecular formula is C12H15BrFNO3S. The minimum absolute atomic E-state index is 0.0245. The predicted octanol–water partition coefficient (Wildman–Crippen LogP) is 1.46. The van der Waals surface area contributed by atoms with E-state index in [2.05, 4.69) is 15.9 Å². The number of hydrogen-bond acceptors (Lipinski definition) is 4. The van der Waals surface area contributed by atoms with Crippen LogP contribution in [0.1, 0.15) is 12.0 Å². The van der Waals surface area contributed by atoms with E-state index < -0.39 is 21.7 Å². The highest BCUT2D eigenvalue weighted by Gasteiger charge is 2.18. The lowest BCUT2D eigenvalue weighted by Gasteiger charge is -2.11. The van der Waals surface area contributed by atoms with E-state index in [0.717, 1.165) is 6.26 Å². The maximum Gasteiger partial charge on any atom is 0.153 e. The number of hydrogen-bond donors (Lipinski definition) is 1. The molecule has 0 saturated carbocycles. The molecule has 0 saturated heterocycles. The van der Waals surface area contributed by atoms with Crippen LogP contribution in [0.4, 0.5) is 4.39 Å². The van der Waals surface area contributed by atoms with Gasteiger partial charge in [0.25, 0.3) is 0 Å². The van der Waals surface area contributed by atoms with E-state index in [-0.39, 0.29) is 28.9 Å². The van der Waals surface area contributed by atoms with Crippen LogP contribution in [0, 0.1) is 5.82 Å². The van der Waals surface area contributed by atoms with Crippen molar-refractivity contribution in [3.05, 3.63) is 34.1 Å². The summed E-state index contributed by atoms with van der Waals surface area (Å²) in [5.74, 6) is -0.894. The van der Waals surface area contributed by atoms with Crippen LogP contribution in [0.15, 0.2) is 22.7 Å². The lowest BCUT2D eigenvalue weighted by molar-refractivity contribution is -0.119. The Bertz CT molecular complexity index is 574. The lowest BCUT2D eigenvalue weighted by Crippen LogP contribution is -2.33. The van der Waals surface area contributed by atoms with Crippen LogP contribution in [0.3, 0.4) is 0 Å². The molecular weight excluding hydrogens is 337 g/mol. The molecule has 106 valence electrons. The molecule has 1 atom stereocenters. The number of sulfone groups is 1. The maximum absolute atomic E-state index is 13.3. The smallest absolute Gasteiger partial charge is 0.153 e. The van der Waals surface area contributed by atoms with Crippen LogP contribution in [-0.2, 0) is 21.1 Å². The molecule has 0 fully saturated rings. The summed E-state index contributed by atoms with van der Waals surface area (Å²) in [7, 11) is -3.14. The number of Topliss-reactive ketones (excluding diaryl/α,β-unsaturated/α-hetero) is 1. The van der Waals surface area contributed by atoms with E-state index in [9.17, 15) is 17.6 Å². The van der Waals surface area contributed by atoms with Crippen molar-refractivity contribution < 1.29 is 17.6 Å².